The normalized spacial score (nSPS) is 14.9. The minimum atomic E-state index is -0.249. The Bertz CT molecular complexity index is 385. The van der Waals surface area contributed by atoms with Crippen molar-refractivity contribution in [1.29, 1.82) is 0 Å². The van der Waals surface area contributed by atoms with Crippen LogP contribution in [0.15, 0.2) is 24.3 Å². The molecule has 1 heterocycles. The van der Waals surface area contributed by atoms with E-state index in [-0.39, 0.29) is 6.09 Å². The number of nitrogens with zero attached hydrogens (tertiary/aromatic N) is 2. The number of anilines is 2. The summed E-state index contributed by atoms with van der Waals surface area (Å²) in [5.74, 6) is 0. The average Bonchev–Trinajstić information content (AvgIpc) is 2.78. The van der Waals surface area contributed by atoms with Crippen LogP contribution in [0.4, 0.5) is 16.2 Å². The number of hydrogen-bond acceptors (Lipinski definition) is 3. The fourth-order valence-electron chi connectivity index (χ4n) is 2.06. The number of carbonyl (C=O) groups excluding carboxylic acids is 1. The van der Waals surface area contributed by atoms with Crippen molar-refractivity contribution in [3.05, 3.63) is 24.3 Å². The van der Waals surface area contributed by atoms with Gasteiger partial charge in [0.05, 0.1) is 6.54 Å². The topological polar surface area (TPSA) is 32.8 Å². The van der Waals surface area contributed by atoms with Crippen molar-refractivity contribution in [2.75, 3.05) is 36.0 Å². The highest BCUT2D eigenvalue weighted by Crippen LogP contribution is 2.22. The van der Waals surface area contributed by atoms with E-state index in [1.807, 2.05) is 24.3 Å². The molecule has 1 aliphatic heterocycles. The van der Waals surface area contributed by atoms with Crippen LogP contribution in [0.25, 0.3) is 0 Å². The molecule has 92 valence electrons. The van der Waals surface area contributed by atoms with Crippen molar-refractivity contribution in [2.24, 2.45) is 0 Å². The highest BCUT2D eigenvalue weighted by atomic mass is 16.6. The maximum atomic E-state index is 11.4. The first-order chi connectivity index (χ1) is 8.26. The van der Waals surface area contributed by atoms with Crippen molar-refractivity contribution in [3.63, 3.8) is 0 Å². The van der Waals surface area contributed by atoms with Crippen molar-refractivity contribution in [3.8, 4) is 0 Å². The van der Waals surface area contributed by atoms with Gasteiger partial charge in [-0.1, -0.05) is 0 Å². The minimum absolute atomic E-state index is 0.249. The molecule has 0 spiro atoms. The van der Waals surface area contributed by atoms with Crippen molar-refractivity contribution >= 4 is 17.5 Å². The number of hydrogen-bond donors (Lipinski definition) is 0. The third kappa shape index (κ3) is 2.35. The summed E-state index contributed by atoms with van der Waals surface area (Å²) in [6.45, 7) is 7.37. The highest BCUT2D eigenvalue weighted by molar-refractivity contribution is 5.89. The molecule has 1 fully saturated rings. The van der Waals surface area contributed by atoms with Gasteiger partial charge in [0.25, 0.3) is 0 Å². The first-order valence-corrected chi connectivity index (χ1v) is 6.05. The van der Waals surface area contributed by atoms with E-state index >= 15 is 0 Å². The van der Waals surface area contributed by atoms with E-state index in [0.717, 1.165) is 18.8 Å². The molecular formula is C13H18N2O2. The zero-order valence-electron chi connectivity index (χ0n) is 10.3. The van der Waals surface area contributed by atoms with Gasteiger partial charge in [-0.05, 0) is 38.1 Å². The summed E-state index contributed by atoms with van der Waals surface area (Å²) in [6.07, 6.45) is -0.249. The molecule has 0 aromatic heterocycles. The van der Waals surface area contributed by atoms with Gasteiger partial charge in [0.2, 0.25) is 0 Å². The molecule has 0 atom stereocenters. The lowest BCUT2D eigenvalue weighted by atomic mass is 10.2. The smallest absolute Gasteiger partial charge is 0.414 e. The van der Waals surface area contributed by atoms with E-state index in [4.69, 9.17) is 4.74 Å². The van der Waals surface area contributed by atoms with Crippen LogP contribution in [-0.2, 0) is 4.74 Å². The van der Waals surface area contributed by atoms with Crippen molar-refractivity contribution < 1.29 is 9.53 Å². The summed E-state index contributed by atoms with van der Waals surface area (Å²) in [4.78, 5) is 15.3. The minimum Gasteiger partial charge on any atom is -0.447 e. The van der Waals surface area contributed by atoms with E-state index in [0.29, 0.717) is 13.2 Å². The van der Waals surface area contributed by atoms with E-state index in [9.17, 15) is 4.79 Å². The third-order valence-electron chi connectivity index (χ3n) is 3.05. The summed E-state index contributed by atoms with van der Waals surface area (Å²) in [5, 5.41) is 0. The summed E-state index contributed by atoms with van der Waals surface area (Å²) < 4.78 is 4.92. The number of ether oxygens (including phenoxy) is 1. The molecule has 17 heavy (non-hydrogen) atoms. The second kappa shape index (κ2) is 5.08. The molecule has 4 nitrogen and oxygen atoms in total. The predicted octanol–water partition coefficient (Wildman–Crippen LogP) is 2.49. The molecule has 2 rings (SSSR count). The third-order valence-corrected chi connectivity index (χ3v) is 3.05. The molecule has 1 aromatic carbocycles. The molecule has 0 bridgehead atoms. The lowest BCUT2D eigenvalue weighted by Gasteiger charge is -2.22. The fourth-order valence-corrected chi connectivity index (χ4v) is 2.06. The molecule has 0 N–H and O–H groups in total. The van der Waals surface area contributed by atoms with Gasteiger partial charge in [-0.15, -0.1) is 0 Å². The van der Waals surface area contributed by atoms with Gasteiger partial charge < -0.3 is 9.64 Å². The number of rotatable bonds is 4. The molecule has 1 aliphatic rings. The van der Waals surface area contributed by atoms with E-state index in [1.165, 1.54) is 5.69 Å². The Kier molecular flexibility index (Phi) is 3.52. The van der Waals surface area contributed by atoms with Crippen LogP contribution >= 0.6 is 0 Å². The van der Waals surface area contributed by atoms with Gasteiger partial charge in [-0.25, -0.2) is 4.79 Å². The average molecular weight is 234 g/mol. The Balaban J connectivity index is 2.15. The number of benzene rings is 1. The Labute approximate surface area is 102 Å². The first-order valence-electron chi connectivity index (χ1n) is 6.05. The SMILES string of the molecule is CCN(CC)c1ccc(N2CCOC2=O)cc1. The largest absolute Gasteiger partial charge is 0.447 e. The lowest BCUT2D eigenvalue weighted by Crippen LogP contribution is -2.24. The van der Waals surface area contributed by atoms with Crippen LogP contribution in [0.5, 0.6) is 0 Å². The molecule has 0 saturated carbocycles. The van der Waals surface area contributed by atoms with Crippen LogP contribution < -0.4 is 9.80 Å². The van der Waals surface area contributed by atoms with Crippen LogP contribution in [0, 0.1) is 0 Å². The van der Waals surface area contributed by atoms with E-state index in [1.54, 1.807) is 4.90 Å². The first kappa shape index (κ1) is 11.8. The molecule has 1 aromatic rings. The fraction of sp³-hybridized carbons (Fsp3) is 0.462. The van der Waals surface area contributed by atoms with E-state index < -0.39 is 0 Å². The van der Waals surface area contributed by atoms with E-state index in [2.05, 4.69) is 18.7 Å². The second-order valence-corrected chi connectivity index (χ2v) is 3.95. The summed E-state index contributed by atoms with van der Waals surface area (Å²) in [6, 6.07) is 8.04. The molecule has 4 heteroatoms. The van der Waals surface area contributed by atoms with Gasteiger partial charge in [0.1, 0.15) is 6.61 Å². The standard InChI is InChI=1S/C13H18N2O2/c1-3-14(4-2)11-5-7-12(8-6-11)15-9-10-17-13(15)16/h5-8H,3-4,9-10H2,1-2H3. The Morgan fingerprint density at radius 1 is 1.24 bits per heavy atom. The molecular weight excluding hydrogens is 216 g/mol. The molecule has 1 saturated heterocycles. The number of amides is 1. The molecule has 1 amide bonds. The van der Waals surface area contributed by atoms with Gasteiger partial charge in [-0.2, -0.15) is 0 Å². The van der Waals surface area contributed by atoms with Gasteiger partial charge in [0, 0.05) is 24.5 Å². The van der Waals surface area contributed by atoms with Gasteiger partial charge >= 0.3 is 6.09 Å². The second-order valence-electron chi connectivity index (χ2n) is 3.95. The molecule has 0 unspecified atom stereocenters. The maximum Gasteiger partial charge on any atom is 0.414 e. The van der Waals surface area contributed by atoms with Gasteiger partial charge in [0.15, 0.2) is 0 Å². The van der Waals surface area contributed by atoms with Gasteiger partial charge in [-0.3, -0.25) is 4.90 Å². The molecule has 0 radical (unpaired) electrons. The Hall–Kier alpha value is -1.71. The predicted molar refractivity (Wildman–Crippen MR) is 68.7 cm³/mol. The maximum absolute atomic E-state index is 11.4. The molecule has 0 aliphatic carbocycles. The summed E-state index contributed by atoms with van der Waals surface area (Å²) >= 11 is 0. The quantitative estimate of drug-likeness (QED) is 0.802. The Morgan fingerprint density at radius 3 is 2.35 bits per heavy atom. The number of carbonyl (C=O) groups is 1. The Morgan fingerprint density at radius 2 is 1.88 bits per heavy atom. The lowest BCUT2D eigenvalue weighted by molar-refractivity contribution is 0.181. The summed E-state index contributed by atoms with van der Waals surface area (Å²) in [5.41, 5.74) is 2.09. The highest BCUT2D eigenvalue weighted by Gasteiger charge is 2.23. The summed E-state index contributed by atoms with van der Waals surface area (Å²) in [7, 11) is 0. The monoisotopic (exact) mass is 234 g/mol. The zero-order valence-corrected chi connectivity index (χ0v) is 10.3. The van der Waals surface area contributed by atoms with Crippen molar-refractivity contribution in [2.45, 2.75) is 13.8 Å². The van der Waals surface area contributed by atoms with Crippen LogP contribution in [-0.4, -0.2) is 32.3 Å². The number of cyclic esters (lactones) is 1. The zero-order chi connectivity index (χ0) is 12.3. The van der Waals surface area contributed by atoms with Crippen LogP contribution in [0.1, 0.15) is 13.8 Å². The van der Waals surface area contributed by atoms with Crippen LogP contribution in [0.3, 0.4) is 0 Å². The van der Waals surface area contributed by atoms with Crippen molar-refractivity contribution in [1.82, 2.24) is 0 Å². The van der Waals surface area contributed by atoms with Crippen LogP contribution in [0.2, 0.25) is 0 Å².